The van der Waals surface area contributed by atoms with Gasteiger partial charge in [0, 0.05) is 47.3 Å². The molecule has 3 heterocycles. The van der Waals surface area contributed by atoms with Crippen molar-refractivity contribution in [3.8, 4) is 0 Å². The lowest BCUT2D eigenvalue weighted by Gasteiger charge is -2.20. The number of halogens is 1. The minimum Gasteiger partial charge on any atom is -0.391 e. The van der Waals surface area contributed by atoms with E-state index in [9.17, 15) is 9.59 Å². The Bertz CT molecular complexity index is 1140. The third-order valence-electron chi connectivity index (χ3n) is 5.49. The molecule has 0 fully saturated rings. The summed E-state index contributed by atoms with van der Waals surface area (Å²) in [6, 6.07) is 13.0. The fraction of sp³-hybridized carbons (Fsp3) is 0.250. The van der Waals surface area contributed by atoms with Crippen LogP contribution in [0.5, 0.6) is 0 Å². The summed E-state index contributed by atoms with van der Waals surface area (Å²) in [5.41, 5.74) is 3.22. The maximum atomic E-state index is 13.4. The second-order valence-corrected chi connectivity index (χ2v) is 8.53. The van der Waals surface area contributed by atoms with Gasteiger partial charge in [0.15, 0.2) is 5.78 Å². The van der Waals surface area contributed by atoms with Gasteiger partial charge >= 0.3 is 0 Å². The second kappa shape index (κ2) is 9.48. The third kappa shape index (κ3) is 4.50. The fourth-order valence-electron chi connectivity index (χ4n) is 3.72. The van der Waals surface area contributed by atoms with E-state index in [1.54, 1.807) is 29.6 Å². The summed E-state index contributed by atoms with van der Waals surface area (Å²) in [6.45, 7) is 4.75. The number of Topliss-reactive ketones (excluding diaryl/α,β-unsaturated/α-hetero) is 1. The SMILES string of the molecule is CCN(Cc1ccncc1)C(=O)c1cc(C(=O)C2C(c3ccc(Br)cc3)=NOC2C)c[nH]1. The number of oxime groups is 1. The van der Waals surface area contributed by atoms with Crippen molar-refractivity contribution in [2.45, 2.75) is 26.5 Å². The molecule has 0 spiro atoms. The van der Waals surface area contributed by atoms with E-state index in [-0.39, 0.29) is 11.7 Å². The van der Waals surface area contributed by atoms with Gasteiger partial charge in [-0.15, -0.1) is 0 Å². The summed E-state index contributed by atoms with van der Waals surface area (Å²) in [7, 11) is 0. The van der Waals surface area contributed by atoms with Crippen molar-refractivity contribution in [3.05, 3.63) is 87.9 Å². The van der Waals surface area contributed by atoms with Gasteiger partial charge in [-0.2, -0.15) is 0 Å². The number of hydrogen-bond donors (Lipinski definition) is 1. The van der Waals surface area contributed by atoms with E-state index in [1.165, 1.54) is 0 Å². The van der Waals surface area contributed by atoms with E-state index in [1.807, 2.05) is 50.2 Å². The number of carbonyl (C=O) groups excluding carboxylic acids is 2. The molecule has 164 valence electrons. The van der Waals surface area contributed by atoms with Crippen molar-refractivity contribution in [1.82, 2.24) is 14.9 Å². The van der Waals surface area contributed by atoms with Crippen LogP contribution >= 0.6 is 15.9 Å². The van der Waals surface area contributed by atoms with Crippen molar-refractivity contribution in [2.24, 2.45) is 11.1 Å². The van der Waals surface area contributed by atoms with Crippen molar-refractivity contribution in [2.75, 3.05) is 6.54 Å². The Kier molecular flexibility index (Phi) is 6.50. The number of pyridine rings is 1. The number of aromatic amines is 1. The number of nitrogens with one attached hydrogen (secondary N) is 1. The first-order chi connectivity index (χ1) is 15.5. The molecule has 0 aliphatic carbocycles. The van der Waals surface area contributed by atoms with E-state index in [4.69, 9.17) is 4.84 Å². The molecule has 0 saturated carbocycles. The predicted octanol–water partition coefficient (Wildman–Crippen LogP) is 4.46. The van der Waals surface area contributed by atoms with Gasteiger partial charge in [-0.3, -0.25) is 14.6 Å². The number of H-pyrrole nitrogens is 1. The quantitative estimate of drug-likeness (QED) is 0.491. The number of benzene rings is 1. The van der Waals surface area contributed by atoms with Gasteiger partial charge in [-0.05, 0) is 49.7 Å². The van der Waals surface area contributed by atoms with Gasteiger partial charge in [0.25, 0.3) is 5.91 Å². The Morgan fingerprint density at radius 2 is 1.88 bits per heavy atom. The van der Waals surface area contributed by atoms with Crippen molar-refractivity contribution in [1.29, 1.82) is 0 Å². The molecule has 1 N–H and O–H groups in total. The number of amides is 1. The van der Waals surface area contributed by atoms with Crippen LogP contribution in [0.3, 0.4) is 0 Å². The van der Waals surface area contributed by atoms with E-state index < -0.39 is 12.0 Å². The smallest absolute Gasteiger partial charge is 0.270 e. The van der Waals surface area contributed by atoms with Crippen LogP contribution in [0.1, 0.15) is 45.8 Å². The highest BCUT2D eigenvalue weighted by Crippen LogP contribution is 2.28. The monoisotopic (exact) mass is 494 g/mol. The summed E-state index contributed by atoms with van der Waals surface area (Å²) in [5.74, 6) is -0.848. The zero-order chi connectivity index (χ0) is 22.7. The molecule has 1 amide bonds. The van der Waals surface area contributed by atoms with Gasteiger partial charge in [0.1, 0.15) is 23.4 Å². The molecular formula is C24H23BrN4O3. The summed E-state index contributed by atoms with van der Waals surface area (Å²) >= 11 is 3.42. The molecule has 1 aliphatic rings. The molecule has 2 atom stereocenters. The highest BCUT2D eigenvalue weighted by molar-refractivity contribution is 9.10. The van der Waals surface area contributed by atoms with Gasteiger partial charge in [-0.1, -0.05) is 33.2 Å². The van der Waals surface area contributed by atoms with Crippen molar-refractivity contribution >= 4 is 33.3 Å². The Morgan fingerprint density at radius 1 is 1.16 bits per heavy atom. The normalized spacial score (nSPS) is 17.5. The van der Waals surface area contributed by atoms with Crippen LogP contribution < -0.4 is 0 Å². The average Bonchev–Trinajstić information content (AvgIpc) is 3.45. The summed E-state index contributed by atoms with van der Waals surface area (Å²) < 4.78 is 0.942. The topological polar surface area (TPSA) is 87.7 Å². The van der Waals surface area contributed by atoms with Crippen LogP contribution in [0.25, 0.3) is 0 Å². The van der Waals surface area contributed by atoms with Crippen molar-refractivity contribution < 1.29 is 14.4 Å². The standard InChI is InChI=1S/C24H23BrN4O3/c1-3-29(14-16-8-10-26-11-9-16)24(31)20-12-18(13-27-20)23(30)21-15(2)32-28-22(21)17-4-6-19(25)7-5-17/h4-13,15,21,27H,3,14H2,1-2H3. The Morgan fingerprint density at radius 3 is 2.56 bits per heavy atom. The van der Waals surface area contributed by atoms with E-state index >= 15 is 0 Å². The van der Waals surface area contributed by atoms with Crippen LogP contribution in [0.2, 0.25) is 0 Å². The number of nitrogens with zero attached hydrogens (tertiary/aromatic N) is 3. The average molecular weight is 495 g/mol. The van der Waals surface area contributed by atoms with Crippen LogP contribution in [0.15, 0.2) is 70.7 Å². The number of aromatic nitrogens is 2. The van der Waals surface area contributed by atoms with Gasteiger partial charge < -0.3 is 14.7 Å². The first kappa shape index (κ1) is 22.0. The Hall–Kier alpha value is -3.26. The summed E-state index contributed by atoms with van der Waals surface area (Å²) in [4.78, 5) is 40.5. The molecule has 4 rings (SSSR count). The predicted molar refractivity (Wildman–Crippen MR) is 124 cm³/mol. The molecule has 7 nitrogen and oxygen atoms in total. The number of rotatable bonds is 7. The van der Waals surface area contributed by atoms with Crippen LogP contribution in [-0.2, 0) is 11.4 Å². The molecule has 32 heavy (non-hydrogen) atoms. The fourth-order valence-corrected chi connectivity index (χ4v) is 3.98. The molecule has 0 bridgehead atoms. The minimum atomic E-state index is -0.547. The number of carbonyl (C=O) groups is 2. The number of ketones is 1. The highest BCUT2D eigenvalue weighted by Gasteiger charge is 2.38. The van der Waals surface area contributed by atoms with Crippen LogP contribution in [-0.4, -0.2) is 44.9 Å². The zero-order valence-corrected chi connectivity index (χ0v) is 19.4. The van der Waals surface area contributed by atoms with Gasteiger partial charge in [0.2, 0.25) is 0 Å². The lowest BCUT2D eigenvalue weighted by Crippen LogP contribution is -2.31. The zero-order valence-electron chi connectivity index (χ0n) is 17.8. The first-order valence-electron chi connectivity index (χ1n) is 10.4. The lowest BCUT2D eigenvalue weighted by molar-refractivity contribution is 0.0630. The molecule has 0 radical (unpaired) electrons. The highest BCUT2D eigenvalue weighted by atomic mass is 79.9. The largest absolute Gasteiger partial charge is 0.391 e. The minimum absolute atomic E-state index is 0.135. The van der Waals surface area contributed by atoms with E-state index in [0.717, 1.165) is 15.6 Å². The molecule has 1 aromatic carbocycles. The molecule has 2 unspecified atom stereocenters. The maximum Gasteiger partial charge on any atom is 0.270 e. The first-order valence-corrected chi connectivity index (χ1v) is 11.2. The molecule has 0 saturated heterocycles. The summed E-state index contributed by atoms with van der Waals surface area (Å²) in [6.07, 6.45) is 4.59. The van der Waals surface area contributed by atoms with Crippen LogP contribution in [0.4, 0.5) is 0 Å². The van der Waals surface area contributed by atoms with Gasteiger partial charge in [-0.25, -0.2) is 0 Å². The lowest BCUT2D eigenvalue weighted by atomic mass is 9.87. The molecule has 8 heteroatoms. The third-order valence-corrected chi connectivity index (χ3v) is 6.02. The number of hydrogen-bond acceptors (Lipinski definition) is 5. The summed E-state index contributed by atoms with van der Waals surface area (Å²) in [5, 5.41) is 4.16. The second-order valence-electron chi connectivity index (χ2n) is 7.61. The molecule has 3 aromatic rings. The Labute approximate surface area is 194 Å². The molecule has 2 aromatic heterocycles. The Balaban J connectivity index is 1.53. The van der Waals surface area contributed by atoms with Crippen LogP contribution in [0, 0.1) is 5.92 Å². The van der Waals surface area contributed by atoms with Crippen molar-refractivity contribution in [3.63, 3.8) is 0 Å². The van der Waals surface area contributed by atoms with E-state index in [0.29, 0.717) is 30.1 Å². The maximum absolute atomic E-state index is 13.4. The molecule has 1 aliphatic heterocycles. The van der Waals surface area contributed by atoms with E-state index in [2.05, 4.69) is 31.1 Å². The van der Waals surface area contributed by atoms with Gasteiger partial charge in [0.05, 0.1) is 0 Å². The molecular weight excluding hydrogens is 472 g/mol.